The zero-order valence-corrected chi connectivity index (χ0v) is 7.99. The number of hydrogen-bond acceptors (Lipinski definition) is 2. The van der Waals surface area contributed by atoms with Crippen molar-refractivity contribution in [3.8, 4) is 0 Å². The van der Waals surface area contributed by atoms with Gasteiger partial charge >= 0.3 is 0 Å². The van der Waals surface area contributed by atoms with Crippen molar-refractivity contribution in [3.05, 3.63) is 47.7 Å². The first-order chi connectivity index (χ1) is 6.84. The number of carbonyl (C=O) groups excluding carboxylic acids is 1. The van der Waals surface area contributed by atoms with Gasteiger partial charge in [0, 0.05) is 24.7 Å². The summed E-state index contributed by atoms with van der Waals surface area (Å²) in [4.78, 5) is 10.9. The Labute approximate surface area is 83.6 Å². The van der Waals surface area contributed by atoms with E-state index in [-0.39, 0.29) is 5.78 Å². The smallest absolute Gasteiger partial charge is 0.157 e. The third kappa shape index (κ3) is 2.22. The molecule has 2 heteroatoms. The number of benzene rings is 1. The minimum Gasteiger partial charge on any atom is -0.384 e. The number of rotatable bonds is 3. The highest BCUT2D eigenvalue weighted by atomic mass is 16.1. The Balaban J connectivity index is 1.89. The van der Waals surface area contributed by atoms with Crippen LogP contribution in [0.3, 0.4) is 0 Å². The second-order valence-corrected chi connectivity index (χ2v) is 3.48. The molecule has 1 aromatic rings. The SMILES string of the molecule is O=C1C=C(NCc2ccccc2)CC1. The lowest BCUT2D eigenvalue weighted by molar-refractivity contribution is -0.114. The molecule has 0 saturated carbocycles. The Kier molecular flexibility index (Phi) is 2.63. The van der Waals surface area contributed by atoms with Gasteiger partial charge in [0.1, 0.15) is 0 Å². The molecule has 0 amide bonds. The number of hydrogen-bond donors (Lipinski definition) is 1. The molecule has 0 heterocycles. The molecule has 2 rings (SSSR count). The van der Waals surface area contributed by atoms with Gasteiger partial charge in [0.25, 0.3) is 0 Å². The predicted octanol–water partition coefficient (Wildman–Crippen LogP) is 2.02. The molecular formula is C12H13NO. The monoisotopic (exact) mass is 187 g/mol. The van der Waals surface area contributed by atoms with E-state index in [9.17, 15) is 4.79 Å². The second-order valence-electron chi connectivity index (χ2n) is 3.48. The molecule has 14 heavy (non-hydrogen) atoms. The molecule has 0 radical (unpaired) electrons. The Morgan fingerprint density at radius 3 is 2.57 bits per heavy atom. The van der Waals surface area contributed by atoms with Crippen molar-refractivity contribution in [2.24, 2.45) is 0 Å². The molecule has 0 unspecified atom stereocenters. The van der Waals surface area contributed by atoms with E-state index >= 15 is 0 Å². The van der Waals surface area contributed by atoms with Crippen LogP contribution in [-0.4, -0.2) is 5.78 Å². The van der Waals surface area contributed by atoms with Crippen molar-refractivity contribution in [2.75, 3.05) is 0 Å². The van der Waals surface area contributed by atoms with Crippen LogP contribution in [0.5, 0.6) is 0 Å². The average Bonchev–Trinajstić information content (AvgIpc) is 2.63. The standard InChI is InChI=1S/C12H13NO/c14-12-7-6-11(8-12)13-9-10-4-2-1-3-5-10/h1-5,8,13H,6-7,9H2. The molecule has 1 aliphatic carbocycles. The van der Waals surface area contributed by atoms with Crippen LogP contribution in [0, 0.1) is 0 Å². The van der Waals surface area contributed by atoms with Gasteiger partial charge in [-0.3, -0.25) is 4.79 Å². The van der Waals surface area contributed by atoms with Gasteiger partial charge in [0.2, 0.25) is 0 Å². The van der Waals surface area contributed by atoms with E-state index < -0.39 is 0 Å². The Morgan fingerprint density at radius 2 is 1.93 bits per heavy atom. The van der Waals surface area contributed by atoms with Crippen LogP contribution in [0.4, 0.5) is 0 Å². The third-order valence-corrected chi connectivity index (χ3v) is 2.34. The zero-order valence-electron chi connectivity index (χ0n) is 7.99. The fraction of sp³-hybridized carbons (Fsp3) is 0.250. The summed E-state index contributed by atoms with van der Waals surface area (Å²) in [6.07, 6.45) is 3.24. The Hall–Kier alpha value is -1.57. The average molecular weight is 187 g/mol. The maximum atomic E-state index is 10.9. The van der Waals surface area contributed by atoms with Gasteiger partial charge in [-0.1, -0.05) is 30.3 Å². The number of nitrogens with one attached hydrogen (secondary N) is 1. The fourth-order valence-electron chi connectivity index (χ4n) is 1.55. The predicted molar refractivity (Wildman–Crippen MR) is 55.6 cm³/mol. The number of ketones is 1. The van der Waals surface area contributed by atoms with Crippen molar-refractivity contribution < 1.29 is 4.79 Å². The highest BCUT2D eigenvalue weighted by molar-refractivity contribution is 5.92. The highest BCUT2D eigenvalue weighted by Gasteiger charge is 2.10. The molecule has 0 fully saturated rings. The molecule has 0 bridgehead atoms. The molecule has 72 valence electrons. The molecule has 0 atom stereocenters. The molecule has 0 saturated heterocycles. The summed E-state index contributed by atoms with van der Waals surface area (Å²) >= 11 is 0. The summed E-state index contributed by atoms with van der Waals surface area (Å²) in [7, 11) is 0. The molecule has 2 nitrogen and oxygen atoms in total. The van der Waals surface area contributed by atoms with Crippen molar-refractivity contribution in [1.29, 1.82) is 0 Å². The van der Waals surface area contributed by atoms with Crippen LogP contribution in [0.25, 0.3) is 0 Å². The van der Waals surface area contributed by atoms with Crippen LogP contribution in [0.15, 0.2) is 42.1 Å². The lowest BCUT2D eigenvalue weighted by atomic mass is 10.2. The van der Waals surface area contributed by atoms with Gasteiger partial charge < -0.3 is 5.32 Å². The van der Waals surface area contributed by atoms with Gasteiger partial charge in [0.05, 0.1) is 0 Å². The van der Waals surface area contributed by atoms with E-state index in [1.54, 1.807) is 6.08 Å². The third-order valence-electron chi connectivity index (χ3n) is 2.34. The second kappa shape index (κ2) is 4.09. The fourth-order valence-corrected chi connectivity index (χ4v) is 1.55. The van der Waals surface area contributed by atoms with E-state index in [0.29, 0.717) is 6.42 Å². The molecular weight excluding hydrogens is 174 g/mol. The van der Waals surface area contributed by atoms with Crippen molar-refractivity contribution in [1.82, 2.24) is 5.32 Å². The summed E-state index contributed by atoms with van der Waals surface area (Å²) < 4.78 is 0. The minimum atomic E-state index is 0.237. The minimum absolute atomic E-state index is 0.237. The van der Waals surface area contributed by atoms with Crippen molar-refractivity contribution >= 4 is 5.78 Å². The van der Waals surface area contributed by atoms with Gasteiger partial charge in [-0.05, 0) is 12.0 Å². The van der Waals surface area contributed by atoms with E-state index in [0.717, 1.165) is 18.7 Å². The first kappa shape index (κ1) is 9.00. The van der Waals surface area contributed by atoms with Crippen LogP contribution < -0.4 is 5.32 Å². The van der Waals surface area contributed by atoms with Crippen molar-refractivity contribution in [2.45, 2.75) is 19.4 Å². The lowest BCUT2D eigenvalue weighted by Gasteiger charge is -2.05. The quantitative estimate of drug-likeness (QED) is 0.784. The van der Waals surface area contributed by atoms with Crippen LogP contribution in [0.2, 0.25) is 0 Å². The van der Waals surface area contributed by atoms with E-state index in [2.05, 4.69) is 17.4 Å². The van der Waals surface area contributed by atoms with Gasteiger partial charge in [0.15, 0.2) is 5.78 Å². The topological polar surface area (TPSA) is 29.1 Å². The summed E-state index contributed by atoms with van der Waals surface area (Å²) in [6.45, 7) is 0.806. The van der Waals surface area contributed by atoms with E-state index in [1.807, 2.05) is 18.2 Å². The first-order valence-corrected chi connectivity index (χ1v) is 4.86. The van der Waals surface area contributed by atoms with E-state index in [4.69, 9.17) is 0 Å². The van der Waals surface area contributed by atoms with Crippen LogP contribution >= 0.6 is 0 Å². The lowest BCUT2D eigenvalue weighted by Crippen LogP contribution is -2.10. The summed E-state index contributed by atoms with van der Waals surface area (Å²) in [5, 5.41) is 3.27. The summed E-state index contributed by atoms with van der Waals surface area (Å²) in [6, 6.07) is 10.2. The molecule has 1 aliphatic rings. The number of carbonyl (C=O) groups is 1. The zero-order chi connectivity index (χ0) is 9.80. The first-order valence-electron chi connectivity index (χ1n) is 4.86. The van der Waals surface area contributed by atoms with Crippen molar-refractivity contribution in [3.63, 3.8) is 0 Å². The van der Waals surface area contributed by atoms with Gasteiger partial charge in [-0.25, -0.2) is 0 Å². The summed E-state index contributed by atoms with van der Waals surface area (Å²) in [5.41, 5.74) is 2.31. The molecule has 0 aliphatic heterocycles. The van der Waals surface area contributed by atoms with Gasteiger partial charge in [-0.15, -0.1) is 0 Å². The normalized spacial score (nSPS) is 15.4. The molecule has 0 aromatic heterocycles. The number of allylic oxidation sites excluding steroid dienone is 2. The Bertz CT molecular complexity index is 354. The Morgan fingerprint density at radius 1 is 1.14 bits per heavy atom. The maximum absolute atomic E-state index is 10.9. The molecule has 1 N–H and O–H groups in total. The van der Waals surface area contributed by atoms with Crippen LogP contribution in [-0.2, 0) is 11.3 Å². The van der Waals surface area contributed by atoms with Gasteiger partial charge in [-0.2, -0.15) is 0 Å². The molecule has 0 spiro atoms. The maximum Gasteiger partial charge on any atom is 0.157 e. The highest BCUT2D eigenvalue weighted by Crippen LogP contribution is 2.12. The van der Waals surface area contributed by atoms with Crippen LogP contribution in [0.1, 0.15) is 18.4 Å². The molecule has 1 aromatic carbocycles. The van der Waals surface area contributed by atoms with E-state index in [1.165, 1.54) is 5.56 Å². The largest absolute Gasteiger partial charge is 0.384 e. The summed E-state index contributed by atoms with van der Waals surface area (Å²) in [5.74, 6) is 0.237.